The maximum absolute atomic E-state index is 12.0. The number of aromatic carboxylic acids is 1. The third-order valence-electron chi connectivity index (χ3n) is 2.43. The lowest BCUT2D eigenvalue weighted by Crippen LogP contribution is -2.10. The SMILES string of the molecule is O=C(O)c1c(Cl)ccc(S(=O)(=O)CCCCO)c1Cl. The number of unbranched alkanes of at least 4 members (excludes halogenated alkanes) is 1. The van der Waals surface area contributed by atoms with Crippen molar-refractivity contribution in [1.29, 1.82) is 0 Å². The summed E-state index contributed by atoms with van der Waals surface area (Å²) in [5, 5.41) is 17.1. The zero-order valence-electron chi connectivity index (χ0n) is 9.77. The summed E-state index contributed by atoms with van der Waals surface area (Å²) in [7, 11) is -3.70. The van der Waals surface area contributed by atoms with Gasteiger partial charge in [-0.2, -0.15) is 0 Å². The zero-order chi connectivity index (χ0) is 14.6. The first-order valence-electron chi connectivity index (χ1n) is 5.36. The van der Waals surface area contributed by atoms with E-state index in [1.54, 1.807) is 0 Å². The molecule has 19 heavy (non-hydrogen) atoms. The van der Waals surface area contributed by atoms with Crippen molar-refractivity contribution >= 4 is 39.0 Å². The lowest BCUT2D eigenvalue weighted by atomic mass is 10.2. The molecule has 0 spiro atoms. The fraction of sp³-hybridized carbons (Fsp3) is 0.364. The van der Waals surface area contributed by atoms with Crippen molar-refractivity contribution in [2.24, 2.45) is 0 Å². The van der Waals surface area contributed by atoms with Gasteiger partial charge in [-0.05, 0) is 25.0 Å². The van der Waals surface area contributed by atoms with Gasteiger partial charge in [0, 0.05) is 6.61 Å². The molecule has 0 aliphatic heterocycles. The van der Waals surface area contributed by atoms with Crippen molar-refractivity contribution in [3.05, 3.63) is 27.7 Å². The molecule has 0 atom stereocenters. The first kappa shape index (κ1) is 16.2. The third kappa shape index (κ3) is 3.82. The molecule has 1 aromatic carbocycles. The van der Waals surface area contributed by atoms with Crippen LogP contribution < -0.4 is 0 Å². The number of hydrogen-bond acceptors (Lipinski definition) is 4. The molecule has 2 N–H and O–H groups in total. The van der Waals surface area contributed by atoms with E-state index in [2.05, 4.69) is 0 Å². The van der Waals surface area contributed by atoms with Crippen LogP contribution in [0.3, 0.4) is 0 Å². The molecular formula is C11H12Cl2O5S. The summed E-state index contributed by atoms with van der Waals surface area (Å²) in [6, 6.07) is 2.38. The number of carboxylic acids is 1. The molecule has 106 valence electrons. The van der Waals surface area contributed by atoms with Crippen LogP contribution in [0, 0.1) is 0 Å². The summed E-state index contributed by atoms with van der Waals surface area (Å²) in [5.74, 6) is -1.60. The third-order valence-corrected chi connectivity index (χ3v) is 5.08. The molecule has 0 unspecified atom stereocenters. The second-order valence-corrected chi connectivity index (χ2v) is 6.65. The fourth-order valence-electron chi connectivity index (χ4n) is 1.48. The quantitative estimate of drug-likeness (QED) is 0.782. The molecule has 0 fully saturated rings. The molecule has 0 radical (unpaired) electrons. The van der Waals surface area contributed by atoms with E-state index in [1.165, 1.54) is 12.1 Å². The Morgan fingerprint density at radius 2 is 1.84 bits per heavy atom. The first-order chi connectivity index (χ1) is 8.81. The van der Waals surface area contributed by atoms with Crippen LogP contribution in [0.2, 0.25) is 10.0 Å². The van der Waals surface area contributed by atoms with E-state index in [4.69, 9.17) is 33.4 Å². The van der Waals surface area contributed by atoms with Crippen LogP contribution >= 0.6 is 23.2 Å². The summed E-state index contributed by atoms with van der Waals surface area (Å²) in [4.78, 5) is 10.7. The van der Waals surface area contributed by atoms with Gasteiger partial charge in [-0.15, -0.1) is 0 Å². The Morgan fingerprint density at radius 3 is 2.37 bits per heavy atom. The number of sulfone groups is 1. The van der Waals surface area contributed by atoms with E-state index >= 15 is 0 Å². The van der Waals surface area contributed by atoms with Crippen LogP contribution in [0.1, 0.15) is 23.2 Å². The molecule has 0 amide bonds. The van der Waals surface area contributed by atoms with Gasteiger partial charge in [0.05, 0.1) is 26.3 Å². The summed E-state index contributed by atoms with van der Waals surface area (Å²) >= 11 is 11.5. The maximum atomic E-state index is 12.0. The molecule has 0 saturated heterocycles. The summed E-state index contributed by atoms with van der Waals surface area (Å²) in [5.41, 5.74) is -0.424. The van der Waals surface area contributed by atoms with Gasteiger partial charge < -0.3 is 10.2 Å². The standard InChI is InChI=1S/C11H12Cl2O5S/c12-7-3-4-8(10(13)9(7)11(15)16)19(17,18)6-2-1-5-14/h3-4,14H,1-2,5-6H2,(H,15,16). The van der Waals surface area contributed by atoms with Crippen molar-refractivity contribution in [3.63, 3.8) is 0 Å². The van der Waals surface area contributed by atoms with Gasteiger partial charge in [-0.1, -0.05) is 23.2 Å². The van der Waals surface area contributed by atoms with Crippen LogP contribution in [0.15, 0.2) is 17.0 Å². The van der Waals surface area contributed by atoms with Gasteiger partial charge in [0.15, 0.2) is 9.84 Å². The molecule has 0 aromatic heterocycles. The van der Waals surface area contributed by atoms with Gasteiger partial charge in [0.2, 0.25) is 0 Å². The highest BCUT2D eigenvalue weighted by atomic mass is 35.5. The predicted octanol–water partition coefficient (Wildman–Crippen LogP) is 2.24. The second-order valence-electron chi connectivity index (χ2n) is 3.79. The second kappa shape index (κ2) is 6.56. The van der Waals surface area contributed by atoms with Crippen LogP contribution in [-0.4, -0.2) is 37.0 Å². The van der Waals surface area contributed by atoms with E-state index in [1.807, 2.05) is 0 Å². The number of hydrogen-bond donors (Lipinski definition) is 2. The van der Waals surface area contributed by atoms with E-state index in [0.29, 0.717) is 6.42 Å². The van der Waals surface area contributed by atoms with Gasteiger partial charge in [0.25, 0.3) is 0 Å². The van der Waals surface area contributed by atoms with Gasteiger partial charge in [-0.3, -0.25) is 0 Å². The topological polar surface area (TPSA) is 91.7 Å². The number of carbonyl (C=O) groups is 1. The Balaban J connectivity index is 3.21. The molecular weight excluding hydrogens is 315 g/mol. The number of benzene rings is 1. The normalized spacial score (nSPS) is 11.5. The first-order valence-corrected chi connectivity index (χ1v) is 7.77. The summed E-state index contributed by atoms with van der Waals surface area (Å²) in [6.07, 6.45) is 0.608. The Hall–Kier alpha value is -0.820. The van der Waals surface area contributed by atoms with E-state index in [9.17, 15) is 13.2 Å². The van der Waals surface area contributed by atoms with Crippen molar-refractivity contribution < 1.29 is 23.4 Å². The Labute approximate surface area is 120 Å². The highest BCUT2D eigenvalue weighted by Gasteiger charge is 2.24. The molecule has 0 aliphatic rings. The molecule has 8 heteroatoms. The molecule has 0 saturated carbocycles. The average molecular weight is 327 g/mol. The number of aliphatic hydroxyl groups excluding tert-OH is 1. The van der Waals surface area contributed by atoms with Gasteiger partial charge >= 0.3 is 5.97 Å². The van der Waals surface area contributed by atoms with E-state index in [-0.39, 0.29) is 33.7 Å². The van der Waals surface area contributed by atoms with Crippen molar-refractivity contribution in [2.75, 3.05) is 12.4 Å². The lowest BCUT2D eigenvalue weighted by molar-refractivity contribution is 0.0697. The predicted molar refractivity (Wildman–Crippen MR) is 71.8 cm³/mol. The van der Waals surface area contributed by atoms with Gasteiger partial charge in [-0.25, -0.2) is 13.2 Å². The Kier molecular flexibility index (Phi) is 5.61. The van der Waals surface area contributed by atoms with Crippen LogP contribution in [0.4, 0.5) is 0 Å². The minimum absolute atomic E-state index is 0.107. The Bertz CT molecular complexity index is 583. The molecule has 0 bridgehead atoms. The van der Waals surface area contributed by atoms with Gasteiger partial charge in [0.1, 0.15) is 0 Å². The molecule has 1 aromatic rings. The highest BCUT2D eigenvalue weighted by Crippen LogP contribution is 2.31. The lowest BCUT2D eigenvalue weighted by Gasteiger charge is -2.09. The maximum Gasteiger partial charge on any atom is 0.338 e. The zero-order valence-corrected chi connectivity index (χ0v) is 12.1. The number of halogens is 2. The van der Waals surface area contributed by atoms with Crippen molar-refractivity contribution in [1.82, 2.24) is 0 Å². The van der Waals surface area contributed by atoms with Crippen molar-refractivity contribution in [2.45, 2.75) is 17.7 Å². The fourth-order valence-corrected chi connectivity index (χ4v) is 3.82. The largest absolute Gasteiger partial charge is 0.478 e. The van der Waals surface area contributed by atoms with Crippen LogP contribution in [-0.2, 0) is 9.84 Å². The smallest absolute Gasteiger partial charge is 0.338 e. The molecule has 1 rings (SSSR count). The van der Waals surface area contributed by atoms with E-state index < -0.39 is 21.4 Å². The average Bonchev–Trinajstić information content (AvgIpc) is 2.28. The summed E-state index contributed by atoms with van der Waals surface area (Å²) < 4.78 is 24.0. The number of rotatable bonds is 6. The number of aliphatic hydroxyl groups is 1. The Morgan fingerprint density at radius 1 is 1.21 bits per heavy atom. The summed E-state index contributed by atoms with van der Waals surface area (Å²) in [6.45, 7) is -0.107. The monoisotopic (exact) mass is 326 g/mol. The van der Waals surface area contributed by atoms with Crippen molar-refractivity contribution in [3.8, 4) is 0 Å². The van der Waals surface area contributed by atoms with E-state index in [0.717, 1.165) is 0 Å². The van der Waals surface area contributed by atoms with Crippen LogP contribution in [0.5, 0.6) is 0 Å². The number of carboxylic acid groups (broad SMARTS) is 1. The molecule has 0 heterocycles. The molecule has 5 nitrogen and oxygen atoms in total. The minimum Gasteiger partial charge on any atom is -0.478 e. The molecule has 0 aliphatic carbocycles. The highest BCUT2D eigenvalue weighted by molar-refractivity contribution is 7.91. The van der Waals surface area contributed by atoms with Crippen LogP contribution in [0.25, 0.3) is 0 Å². The minimum atomic E-state index is -3.70.